The van der Waals surface area contributed by atoms with Crippen LogP contribution < -0.4 is 5.32 Å². The van der Waals surface area contributed by atoms with Gasteiger partial charge in [0.15, 0.2) is 0 Å². The standard InChI is InChI=1S/C15H17N3S/c1-2-6-12(7-3-1)17-10-13-11-19-15(18-13)14-8-4-5-9-16-14/h1-2,4-5,8-9,11-12,17H,3,6-7,10H2. The molecule has 3 nitrogen and oxygen atoms in total. The first-order valence-electron chi connectivity index (χ1n) is 6.66. The van der Waals surface area contributed by atoms with Gasteiger partial charge in [0.1, 0.15) is 5.01 Å². The molecule has 19 heavy (non-hydrogen) atoms. The Balaban J connectivity index is 1.60. The van der Waals surface area contributed by atoms with Crippen LogP contribution >= 0.6 is 11.3 Å². The summed E-state index contributed by atoms with van der Waals surface area (Å²) in [5.41, 5.74) is 2.07. The molecule has 0 aliphatic heterocycles. The molecule has 1 unspecified atom stereocenters. The minimum absolute atomic E-state index is 0.602. The molecule has 0 radical (unpaired) electrons. The van der Waals surface area contributed by atoms with Crippen LogP contribution in [0.25, 0.3) is 10.7 Å². The SMILES string of the molecule is C1=CCC(NCc2csc(-c3ccccn3)n2)CC1. The maximum absolute atomic E-state index is 4.64. The number of nitrogens with one attached hydrogen (secondary N) is 1. The Morgan fingerprint density at radius 2 is 2.32 bits per heavy atom. The number of thiazole rings is 1. The first-order valence-corrected chi connectivity index (χ1v) is 7.54. The zero-order valence-corrected chi connectivity index (χ0v) is 11.6. The molecule has 98 valence electrons. The van der Waals surface area contributed by atoms with Gasteiger partial charge < -0.3 is 5.32 Å². The summed E-state index contributed by atoms with van der Waals surface area (Å²) in [5, 5.41) is 6.70. The Kier molecular flexibility index (Phi) is 4.01. The van der Waals surface area contributed by atoms with Crippen LogP contribution in [0.4, 0.5) is 0 Å². The average molecular weight is 271 g/mol. The highest BCUT2D eigenvalue weighted by atomic mass is 32.1. The summed E-state index contributed by atoms with van der Waals surface area (Å²) in [4.78, 5) is 8.97. The number of hydrogen-bond donors (Lipinski definition) is 1. The molecule has 1 aliphatic carbocycles. The van der Waals surface area contributed by atoms with Gasteiger partial charge in [-0.25, -0.2) is 4.98 Å². The number of pyridine rings is 1. The van der Waals surface area contributed by atoms with Gasteiger partial charge in [0.05, 0.1) is 11.4 Å². The van der Waals surface area contributed by atoms with Crippen molar-refractivity contribution in [2.24, 2.45) is 0 Å². The lowest BCUT2D eigenvalue weighted by molar-refractivity contribution is 0.472. The van der Waals surface area contributed by atoms with E-state index in [0.717, 1.165) is 29.4 Å². The fourth-order valence-electron chi connectivity index (χ4n) is 2.22. The fraction of sp³-hybridized carbons (Fsp3) is 0.333. The lowest BCUT2D eigenvalue weighted by Crippen LogP contribution is -2.29. The molecule has 0 saturated carbocycles. The number of rotatable bonds is 4. The summed E-state index contributed by atoms with van der Waals surface area (Å²) < 4.78 is 0. The van der Waals surface area contributed by atoms with Crippen molar-refractivity contribution >= 4 is 11.3 Å². The van der Waals surface area contributed by atoms with E-state index in [1.54, 1.807) is 11.3 Å². The molecule has 1 atom stereocenters. The van der Waals surface area contributed by atoms with Gasteiger partial charge in [0.25, 0.3) is 0 Å². The van der Waals surface area contributed by atoms with Crippen LogP contribution in [-0.4, -0.2) is 16.0 Å². The molecular weight excluding hydrogens is 254 g/mol. The molecule has 0 bridgehead atoms. The van der Waals surface area contributed by atoms with E-state index in [0.29, 0.717) is 6.04 Å². The van der Waals surface area contributed by atoms with Crippen molar-refractivity contribution in [3.05, 3.63) is 47.6 Å². The van der Waals surface area contributed by atoms with Crippen molar-refractivity contribution in [2.45, 2.75) is 31.8 Å². The van der Waals surface area contributed by atoms with Crippen molar-refractivity contribution in [2.75, 3.05) is 0 Å². The molecule has 0 amide bonds. The number of allylic oxidation sites excluding steroid dienone is 1. The first-order chi connectivity index (χ1) is 9.42. The van der Waals surface area contributed by atoms with E-state index >= 15 is 0 Å². The molecule has 1 aliphatic rings. The molecule has 0 spiro atoms. The summed E-state index contributed by atoms with van der Waals surface area (Å²) >= 11 is 1.66. The average Bonchev–Trinajstić information content (AvgIpc) is 2.96. The second kappa shape index (κ2) is 6.08. The Hall–Kier alpha value is -1.52. The zero-order chi connectivity index (χ0) is 12.9. The Labute approximate surface area is 117 Å². The van der Waals surface area contributed by atoms with Gasteiger partial charge in [0.2, 0.25) is 0 Å². The molecule has 1 N–H and O–H groups in total. The van der Waals surface area contributed by atoms with E-state index in [4.69, 9.17) is 0 Å². The third-order valence-electron chi connectivity index (χ3n) is 3.28. The predicted octanol–water partition coefficient (Wildman–Crippen LogP) is 3.40. The molecule has 3 rings (SSSR count). The topological polar surface area (TPSA) is 37.8 Å². The maximum atomic E-state index is 4.64. The van der Waals surface area contributed by atoms with Gasteiger partial charge in [0, 0.05) is 24.2 Å². The zero-order valence-electron chi connectivity index (χ0n) is 10.7. The third kappa shape index (κ3) is 3.28. The lowest BCUT2D eigenvalue weighted by atomic mass is 10.0. The van der Waals surface area contributed by atoms with Crippen LogP contribution in [0.3, 0.4) is 0 Å². The van der Waals surface area contributed by atoms with Gasteiger partial charge in [-0.2, -0.15) is 0 Å². The summed E-state index contributed by atoms with van der Waals surface area (Å²) in [5.74, 6) is 0. The summed E-state index contributed by atoms with van der Waals surface area (Å²) in [7, 11) is 0. The lowest BCUT2D eigenvalue weighted by Gasteiger charge is -2.18. The summed E-state index contributed by atoms with van der Waals surface area (Å²) in [6, 6.07) is 6.53. The number of aromatic nitrogens is 2. The molecule has 2 aromatic rings. The van der Waals surface area contributed by atoms with Crippen LogP contribution in [0.15, 0.2) is 41.9 Å². The minimum Gasteiger partial charge on any atom is -0.308 e. The molecule has 4 heteroatoms. The second-order valence-corrected chi connectivity index (χ2v) is 5.58. The van der Waals surface area contributed by atoms with Crippen LogP contribution in [0.5, 0.6) is 0 Å². The third-order valence-corrected chi connectivity index (χ3v) is 4.19. The van der Waals surface area contributed by atoms with Crippen LogP contribution in [-0.2, 0) is 6.54 Å². The highest BCUT2D eigenvalue weighted by Crippen LogP contribution is 2.21. The van der Waals surface area contributed by atoms with Crippen LogP contribution in [0.1, 0.15) is 25.0 Å². The van der Waals surface area contributed by atoms with E-state index < -0.39 is 0 Å². The molecule has 0 aromatic carbocycles. The number of nitrogens with zero attached hydrogens (tertiary/aromatic N) is 2. The van der Waals surface area contributed by atoms with Gasteiger partial charge in [-0.3, -0.25) is 4.98 Å². The van der Waals surface area contributed by atoms with Crippen molar-refractivity contribution in [1.82, 2.24) is 15.3 Å². The first kappa shape index (κ1) is 12.5. The van der Waals surface area contributed by atoms with Crippen molar-refractivity contribution in [3.63, 3.8) is 0 Å². The maximum Gasteiger partial charge on any atom is 0.142 e. The summed E-state index contributed by atoms with van der Waals surface area (Å²) in [6.45, 7) is 0.849. The quantitative estimate of drug-likeness (QED) is 0.866. The molecule has 0 fully saturated rings. The van der Waals surface area contributed by atoms with Crippen molar-refractivity contribution in [1.29, 1.82) is 0 Å². The van der Waals surface area contributed by atoms with Crippen LogP contribution in [0.2, 0.25) is 0 Å². The van der Waals surface area contributed by atoms with E-state index in [1.807, 2.05) is 24.4 Å². The monoisotopic (exact) mass is 271 g/mol. The highest BCUT2D eigenvalue weighted by Gasteiger charge is 2.10. The Morgan fingerprint density at radius 1 is 1.32 bits per heavy atom. The Morgan fingerprint density at radius 3 is 3.11 bits per heavy atom. The van der Waals surface area contributed by atoms with Gasteiger partial charge >= 0.3 is 0 Å². The normalized spacial score (nSPS) is 18.6. The highest BCUT2D eigenvalue weighted by molar-refractivity contribution is 7.13. The summed E-state index contributed by atoms with van der Waals surface area (Å²) in [6.07, 6.45) is 9.89. The van der Waals surface area contributed by atoms with E-state index in [-0.39, 0.29) is 0 Å². The van der Waals surface area contributed by atoms with Crippen molar-refractivity contribution in [3.8, 4) is 10.7 Å². The second-order valence-electron chi connectivity index (χ2n) is 4.72. The Bertz CT molecular complexity index is 548. The van der Waals surface area contributed by atoms with Gasteiger partial charge in [-0.15, -0.1) is 11.3 Å². The predicted molar refractivity (Wildman–Crippen MR) is 79.0 cm³/mol. The number of hydrogen-bond acceptors (Lipinski definition) is 4. The fourth-order valence-corrected chi connectivity index (χ4v) is 3.02. The van der Waals surface area contributed by atoms with Gasteiger partial charge in [-0.05, 0) is 31.4 Å². The van der Waals surface area contributed by atoms with E-state index in [1.165, 1.54) is 12.8 Å². The largest absolute Gasteiger partial charge is 0.308 e. The molecule has 0 saturated heterocycles. The van der Waals surface area contributed by atoms with Crippen molar-refractivity contribution < 1.29 is 0 Å². The van der Waals surface area contributed by atoms with E-state index in [2.05, 4.69) is 32.8 Å². The van der Waals surface area contributed by atoms with Gasteiger partial charge in [-0.1, -0.05) is 18.2 Å². The van der Waals surface area contributed by atoms with Crippen LogP contribution in [0, 0.1) is 0 Å². The minimum atomic E-state index is 0.602. The molecule has 2 aromatic heterocycles. The molecular formula is C15H17N3S. The van der Waals surface area contributed by atoms with E-state index in [9.17, 15) is 0 Å². The molecule has 2 heterocycles. The smallest absolute Gasteiger partial charge is 0.142 e.